The maximum atomic E-state index is 12.1. The lowest BCUT2D eigenvalue weighted by molar-refractivity contribution is -0.386. The smallest absolute Gasteiger partial charge is 0.347 e. The van der Waals surface area contributed by atoms with Crippen molar-refractivity contribution in [2.45, 2.75) is 57.8 Å². The van der Waals surface area contributed by atoms with Crippen LogP contribution in [-0.4, -0.2) is 35.0 Å². The molecule has 1 fully saturated rings. The lowest BCUT2D eigenvalue weighted by Gasteiger charge is -2.19. The number of ether oxygens (including phenoxy) is 2. The van der Waals surface area contributed by atoms with E-state index in [1.165, 1.54) is 26.0 Å². The SMILES string of the molecule is CC(OC(=O)C(C)Oc1ccc(Cl)cc1[N+](=O)[O-])C(=O)NC1CCCC1. The van der Waals surface area contributed by atoms with Gasteiger partial charge in [-0.15, -0.1) is 0 Å². The summed E-state index contributed by atoms with van der Waals surface area (Å²) < 4.78 is 10.4. The van der Waals surface area contributed by atoms with Crippen molar-refractivity contribution in [2.75, 3.05) is 0 Å². The highest BCUT2D eigenvalue weighted by atomic mass is 35.5. The van der Waals surface area contributed by atoms with Crippen molar-refractivity contribution < 1.29 is 24.0 Å². The van der Waals surface area contributed by atoms with Crippen LogP contribution in [0.25, 0.3) is 0 Å². The van der Waals surface area contributed by atoms with E-state index >= 15 is 0 Å². The fourth-order valence-corrected chi connectivity index (χ4v) is 2.85. The minimum absolute atomic E-state index is 0.105. The van der Waals surface area contributed by atoms with Crippen molar-refractivity contribution in [1.82, 2.24) is 5.32 Å². The van der Waals surface area contributed by atoms with E-state index in [4.69, 9.17) is 21.1 Å². The summed E-state index contributed by atoms with van der Waals surface area (Å²) in [6.45, 7) is 2.86. The van der Waals surface area contributed by atoms with Crippen LogP contribution < -0.4 is 10.1 Å². The number of rotatable bonds is 7. The van der Waals surface area contributed by atoms with E-state index in [0.29, 0.717) is 0 Å². The number of amides is 1. The molecule has 0 radical (unpaired) electrons. The average Bonchev–Trinajstić information content (AvgIpc) is 3.08. The topological polar surface area (TPSA) is 108 Å². The molecule has 0 aromatic heterocycles. The van der Waals surface area contributed by atoms with Gasteiger partial charge in [0.1, 0.15) is 0 Å². The summed E-state index contributed by atoms with van der Waals surface area (Å²) in [7, 11) is 0. The summed E-state index contributed by atoms with van der Waals surface area (Å²) >= 11 is 5.74. The molecule has 0 bridgehead atoms. The molecule has 1 aromatic carbocycles. The number of nitro groups is 1. The van der Waals surface area contributed by atoms with Gasteiger partial charge in [0.2, 0.25) is 0 Å². The molecule has 0 heterocycles. The van der Waals surface area contributed by atoms with E-state index in [1.54, 1.807) is 0 Å². The summed E-state index contributed by atoms with van der Waals surface area (Å²) in [6, 6.07) is 3.97. The normalized spacial score (nSPS) is 16.6. The summed E-state index contributed by atoms with van der Waals surface area (Å²) in [5.74, 6) is -1.26. The fourth-order valence-electron chi connectivity index (χ4n) is 2.68. The number of nitrogens with one attached hydrogen (secondary N) is 1. The van der Waals surface area contributed by atoms with Gasteiger partial charge in [0, 0.05) is 17.1 Å². The molecule has 142 valence electrons. The monoisotopic (exact) mass is 384 g/mol. The molecule has 0 spiro atoms. The fraction of sp³-hybridized carbons (Fsp3) is 0.529. The summed E-state index contributed by atoms with van der Waals surface area (Å²) in [4.78, 5) is 34.6. The standard InChI is InChI=1S/C17H21ClN2O6/c1-10(16(21)19-13-5-3-4-6-13)26-17(22)11(2)25-15-8-7-12(18)9-14(15)20(23)24/h7-11,13H,3-6H2,1-2H3,(H,19,21). The molecule has 1 amide bonds. The van der Waals surface area contributed by atoms with Gasteiger partial charge in [0.15, 0.2) is 18.0 Å². The van der Waals surface area contributed by atoms with Crippen molar-refractivity contribution in [3.05, 3.63) is 33.3 Å². The van der Waals surface area contributed by atoms with Gasteiger partial charge in [-0.05, 0) is 38.8 Å². The minimum Gasteiger partial charge on any atom is -0.472 e. The number of carbonyl (C=O) groups excluding carboxylic acids is 2. The molecule has 1 aliphatic carbocycles. The molecule has 1 saturated carbocycles. The molecule has 1 N–H and O–H groups in total. The van der Waals surface area contributed by atoms with Crippen LogP contribution >= 0.6 is 11.6 Å². The zero-order valence-corrected chi connectivity index (χ0v) is 15.3. The molecule has 1 aromatic rings. The van der Waals surface area contributed by atoms with Gasteiger partial charge < -0.3 is 14.8 Å². The van der Waals surface area contributed by atoms with Gasteiger partial charge in [-0.3, -0.25) is 14.9 Å². The molecule has 0 aliphatic heterocycles. The first-order chi connectivity index (χ1) is 12.3. The van der Waals surface area contributed by atoms with Crippen LogP contribution in [0.1, 0.15) is 39.5 Å². The largest absolute Gasteiger partial charge is 0.472 e. The third kappa shape index (κ3) is 5.32. The first-order valence-corrected chi connectivity index (χ1v) is 8.77. The predicted octanol–water partition coefficient (Wildman–Crippen LogP) is 3.01. The first-order valence-electron chi connectivity index (χ1n) is 8.39. The maximum absolute atomic E-state index is 12.1. The van der Waals surface area contributed by atoms with Crippen LogP contribution in [0.4, 0.5) is 5.69 Å². The highest BCUT2D eigenvalue weighted by Gasteiger charge is 2.27. The van der Waals surface area contributed by atoms with Crippen LogP contribution in [0.3, 0.4) is 0 Å². The molecule has 0 saturated heterocycles. The molecule has 26 heavy (non-hydrogen) atoms. The Hall–Kier alpha value is -2.35. The Balaban J connectivity index is 1.92. The minimum atomic E-state index is -1.13. The number of hydrogen-bond acceptors (Lipinski definition) is 6. The van der Waals surface area contributed by atoms with Gasteiger partial charge in [-0.1, -0.05) is 24.4 Å². The zero-order valence-electron chi connectivity index (χ0n) is 14.6. The predicted molar refractivity (Wildman–Crippen MR) is 94.1 cm³/mol. The molecule has 8 nitrogen and oxygen atoms in total. The molecule has 2 unspecified atom stereocenters. The Kier molecular flexibility index (Phi) is 6.79. The van der Waals surface area contributed by atoms with E-state index in [0.717, 1.165) is 31.7 Å². The van der Waals surface area contributed by atoms with E-state index < -0.39 is 23.1 Å². The van der Waals surface area contributed by atoms with E-state index in [2.05, 4.69) is 5.32 Å². The average molecular weight is 385 g/mol. The third-order valence-corrected chi connectivity index (χ3v) is 4.35. The second-order valence-electron chi connectivity index (χ2n) is 6.20. The lowest BCUT2D eigenvalue weighted by Crippen LogP contribution is -2.42. The summed E-state index contributed by atoms with van der Waals surface area (Å²) in [6.07, 6.45) is 1.89. The van der Waals surface area contributed by atoms with Crippen LogP contribution in [0.2, 0.25) is 5.02 Å². The van der Waals surface area contributed by atoms with Gasteiger partial charge >= 0.3 is 11.7 Å². The summed E-state index contributed by atoms with van der Waals surface area (Å²) in [5.41, 5.74) is -0.357. The molecule has 9 heteroatoms. The second-order valence-corrected chi connectivity index (χ2v) is 6.63. The quantitative estimate of drug-likeness (QED) is 0.440. The van der Waals surface area contributed by atoms with Crippen molar-refractivity contribution in [1.29, 1.82) is 0 Å². The molecular weight excluding hydrogens is 364 g/mol. The van der Waals surface area contributed by atoms with Crippen LogP contribution in [0.15, 0.2) is 18.2 Å². The number of halogens is 1. The van der Waals surface area contributed by atoms with Crippen LogP contribution in [0, 0.1) is 10.1 Å². The molecule has 2 rings (SSSR count). The van der Waals surface area contributed by atoms with Crippen LogP contribution in [-0.2, 0) is 14.3 Å². The van der Waals surface area contributed by atoms with E-state index in [9.17, 15) is 19.7 Å². The van der Waals surface area contributed by atoms with Crippen molar-refractivity contribution >= 4 is 29.2 Å². The molecule has 2 atom stereocenters. The zero-order chi connectivity index (χ0) is 19.3. The number of carbonyl (C=O) groups is 2. The Morgan fingerprint density at radius 1 is 1.27 bits per heavy atom. The molecular formula is C17H21ClN2O6. The summed E-state index contributed by atoms with van der Waals surface area (Å²) in [5, 5.41) is 14.1. The first kappa shape index (κ1) is 20.0. The van der Waals surface area contributed by atoms with Crippen LogP contribution in [0.5, 0.6) is 5.75 Å². The van der Waals surface area contributed by atoms with Crippen molar-refractivity contribution in [3.63, 3.8) is 0 Å². The van der Waals surface area contributed by atoms with Crippen molar-refractivity contribution in [3.8, 4) is 5.75 Å². The Labute approximate surface area is 155 Å². The lowest BCUT2D eigenvalue weighted by atomic mass is 10.2. The second kappa shape index (κ2) is 8.84. The Morgan fingerprint density at radius 2 is 1.92 bits per heavy atom. The number of benzene rings is 1. The highest BCUT2D eigenvalue weighted by Crippen LogP contribution is 2.30. The van der Waals surface area contributed by atoms with E-state index in [1.807, 2.05) is 0 Å². The number of esters is 1. The van der Waals surface area contributed by atoms with E-state index in [-0.39, 0.29) is 28.4 Å². The third-order valence-electron chi connectivity index (χ3n) is 4.12. The maximum Gasteiger partial charge on any atom is 0.347 e. The van der Waals surface area contributed by atoms with Gasteiger partial charge in [-0.25, -0.2) is 4.79 Å². The number of hydrogen-bond donors (Lipinski definition) is 1. The Morgan fingerprint density at radius 3 is 2.54 bits per heavy atom. The van der Waals surface area contributed by atoms with Gasteiger partial charge in [-0.2, -0.15) is 0 Å². The van der Waals surface area contributed by atoms with Crippen molar-refractivity contribution in [2.24, 2.45) is 0 Å². The number of nitro benzene ring substituents is 1. The van der Waals surface area contributed by atoms with Gasteiger partial charge in [0.25, 0.3) is 5.91 Å². The van der Waals surface area contributed by atoms with Gasteiger partial charge in [0.05, 0.1) is 4.92 Å². The Bertz CT molecular complexity index is 690. The molecule has 1 aliphatic rings. The number of nitrogens with zero attached hydrogens (tertiary/aromatic N) is 1. The highest BCUT2D eigenvalue weighted by molar-refractivity contribution is 6.30.